The Morgan fingerprint density at radius 1 is 1.33 bits per heavy atom. The number of aromatic nitrogens is 2. The lowest BCUT2D eigenvalue weighted by molar-refractivity contribution is 0.0711. The summed E-state index contributed by atoms with van der Waals surface area (Å²) in [5, 5.41) is 17.4. The number of nitrogens with zero attached hydrogens (tertiary/aromatic N) is 2. The zero-order chi connectivity index (χ0) is 25.4. The van der Waals surface area contributed by atoms with Crippen molar-refractivity contribution < 1.29 is 27.2 Å². The first-order valence-electron chi connectivity index (χ1n) is 11.7. The highest BCUT2D eigenvalue weighted by atomic mass is 32.2. The second kappa shape index (κ2) is 10.4. The van der Waals surface area contributed by atoms with E-state index in [0.717, 1.165) is 16.9 Å². The van der Waals surface area contributed by atoms with E-state index in [1.807, 2.05) is 13.0 Å². The van der Waals surface area contributed by atoms with Gasteiger partial charge in [0.15, 0.2) is 0 Å². The lowest BCUT2D eigenvalue weighted by Crippen LogP contribution is -2.24. The van der Waals surface area contributed by atoms with E-state index >= 15 is 0 Å². The van der Waals surface area contributed by atoms with Crippen molar-refractivity contribution in [3.8, 4) is 0 Å². The minimum atomic E-state index is -4.07. The van der Waals surface area contributed by atoms with Gasteiger partial charge in [-0.15, -0.1) is 22.7 Å². The van der Waals surface area contributed by atoms with Gasteiger partial charge in [0.25, 0.3) is 0 Å². The molecule has 3 N–H and O–H groups in total. The van der Waals surface area contributed by atoms with Gasteiger partial charge in [-0.05, 0) is 60.7 Å². The summed E-state index contributed by atoms with van der Waals surface area (Å²) >= 11 is 3.18. The number of rotatable bonds is 8. The maximum Gasteiger partial charge on any atom is 0.333 e. The highest BCUT2D eigenvalue weighted by Gasteiger charge is 2.35. The maximum atomic E-state index is 13.6. The first-order chi connectivity index (χ1) is 17.2. The summed E-state index contributed by atoms with van der Waals surface area (Å²) in [7, 11) is -4.07. The molecule has 3 aromatic rings. The second-order valence-corrected chi connectivity index (χ2v) is 12.8. The average Bonchev–Trinajstić information content (AvgIpc) is 3.55. The first kappa shape index (κ1) is 25.6. The molecule has 1 aliphatic carbocycles. The van der Waals surface area contributed by atoms with Gasteiger partial charge < -0.3 is 9.84 Å². The predicted molar refractivity (Wildman–Crippen MR) is 135 cm³/mol. The zero-order valence-electron chi connectivity index (χ0n) is 19.6. The largest absolute Gasteiger partial charge is 0.393 e. The van der Waals surface area contributed by atoms with E-state index in [9.17, 15) is 18.3 Å². The summed E-state index contributed by atoms with van der Waals surface area (Å²) in [6.45, 7) is 2.50. The van der Waals surface area contributed by atoms with Gasteiger partial charge in [-0.3, -0.25) is 8.98 Å². The van der Waals surface area contributed by atoms with Crippen molar-refractivity contribution in [1.29, 1.82) is 0 Å². The Hall–Kier alpha value is -2.06. The number of carbonyl (C=O) groups excluding carboxylic acids is 1. The average molecular weight is 550 g/mol. The molecule has 0 amide bonds. The van der Waals surface area contributed by atoms with Crippen molar-refractivity contribution >= 4 is 38.8 Å². The molecule has 5 rings (SSSR count). The zero-order valence-corrected chi connectivity index (χ0v) is 22.1. The molecule has 2 aliphatic rings. The maximum absolute atomic E-state index is 13.6. The van der Waals surface area contributed by atoms with Crippen molar-refractivity contribution in [3.05, 3.63) is 67.1 Å². The number of nitrogens with two attached hydrogens (primary N) is 1. The number of carbonyl (C=O) groups is 1. The van der Waals surface area contributed by atoms with E-state index in [0.29, 0.717) is 42.0 Å². The van der Waals surface area contributed by atoms with Gasteiger partial charge in [-0.1, -0.05) is 0 Å². The standard InChI is InChI=1S/C24H27N3O6S3/c1-13-17(24-16-3-5-34-21(16)2-4-32-24)9-22(35-13)23(29)18-10-26-12-27-19(18)7-14-6-15(20(28)8-14)11-33-36(25,30)31/h3,5,9-10,12,14-15,20,24,28H,2,4,6-8,11H2,1H3,(H2,25,30,31)/t14-,15+,20-,24?/m0/s1. The van der Waals surface area contributed by atoms with Crippen LogP contribution < -0.4 is 5.14 Å². The third-order valence-electron chi connectivity index (χ3n) is 6.86. The van der Waals surface area contributed by atoms with Crippen LogP contribution in [0.2, 0.25) is 0 Å². The van der Waals surface area contributed by atoms with Crippen LogP contribution in [0.3, 0.4) is 0 Å². The Bertz CT molecular complexity index is 1370. The highest BCUT2D eigenvalue weighted by Crippen LogP contribution is 2.40. The summed E-state index contributed by atoms with van der Waals surface area (Å²) in [6.07, 6.45) is 4.46. The fourth-order valence-electron chi connectivity index (χ4n) is 5.13. The quantitative estimate of drug-likeness (QED) is 0.409. The third kappa shape index (κ3) is 5.44. The van der Waals surface area contributed by atoms with Gasteiger partial charge in [0.2, 0.25) is 5.78 Å². The number of thiophene rings is 2. The molecule has 1 aliphatic heterocycles. The van der Waals surface area contributed by atoms with E-state index in [2.05, 4.69) is 25.6 Å². The van der Waals surface area contributed by atoms with Crippen molar-refractivity contribution in [1.82, 2.24) is 9.97 Å². The molecule has 0 aromatic carbocycles. The molecule has 12 heteroatoms. The van der Waals surface area contributed by atoms with E-state index in [1.165, 1.54) is 28.1 Å². The van der Waals surface area contributed by atoms with Crippen LogP contribution in [0.1, 0.15) is 60.8 Å². The van der Waals surface area contributed by atoms with Crippen LogP contribution in [0, 0.1) is 18.8 Å². The molecule has 0 saturated heterocycles. The Labute approximate surface area is 217 Å². The molecule has 1 fully saturated rings. The topological polar surface area (TPSA) is 142 Å². The molecule has 4 atom stereocenters. The minimum Gasteiger partial charge on any atom is -0.393 e. The Morgan fingerprint density at radius 2 is 2.17 bits per heavy atom. The van der Waals surface area contributed by atoms with E-state index in [1.54, 1.807) is 17.5 Å². The van der Waals surface area contributed by atoms with Gasteiger partial charge in [-0.2, -0.15) is 8.42 Å². The normalized spacial score (nSPS) is 24.1. The highest BCUT2D eigenvalue weighted by molar-refractivity contribution is 7.84. The number of hydrogen-bond acceptors (Lipinski definition) is 10. The summed E-state index contributed by atoms with van der Waals surface area (Å²) in [6, 6.07) is 4.03. The van der Waals surface area contributed by atoms with E-state index < -0.39 is 16.4 Å². The molecule has 4 heterocycles. The van der Waals surface area contributed by atoms with Crippen LogP contribution in [0.25, 0.3) is 0 Å². The molecule has 3 aromatic heterocycles. The third-order valence-corrected chi connectivity index (χ3v) is 9.39. The minimum absolute atomic E-state index is 0.0174. The Balaban J connectivity index is 1.33. The molecule has 1 saturated carbocycles. The number of ether oxygens (including phenoxy) is 1. The van der Waals surface area contributed by atoms with Crippen LogP contribution in [0.5, 0.6) is 0 Å². The SMILES string of the molecule is Cc1sc(C(=O)c2cncnc2C[C@@H]2C[C@H](COS(N)(=O)=O)[C@@H](O)C2)cc1C1OCCc2sccc21. The molecule has 9 nitrogen and oxygen atoms in total. The van der Waals surface area contributed by atoms with Crippen LogP contribution in [-0.2, 0) is 32.1 Å². The fourth-order valence-corrected chi connectivity index (χ4v) is 7.39. The predicted octanol–water partition coefficient (Wildman–Crippen LogP) is 2.95. The number of aliphatic hydroxyl groups excluding tert-OH is 1. The smallest absolute Gasteiger partial charge is 0.333 e. The second-order valence-electron chi connectivity index (χ2n) is 9.28. The molecule has 0 spiro atoms. The van der Waals surface area contributed by atoms with Gasteiger partial charge in [0.1, 0.15) is 12.4 Å². The van der Waals surface area contributed by atoms with Crippen LogP contribution in [0.15, 0.2) is 30.0 Å². The molecule has 36 heavy (non-hydrogen) atoms. The van der Waals surface area contributed by atoms with Crippen LogP contribution in [0.4, 0.5) is 0 Å². The molecule has 0 bridgehead atoms. The van der Waals surface area contributed by atoms with Crippen molar-refractivity contribution in [2.24, 2.45) is 17.0 Å². The van der Waals surface area contributed by atoms with Crippen LogP contribution >= 0.6 is 22.7 Å². The Morgan fingerprint density at radius 3 is 2.97 bits per heavy atom. The fraction of sp³-hybridized carbons (Fsp3) is 0.458. The molecule has 1 unspecified atom stereocenters. The molecular formula is C24H27N3O6S3. The lowest BCUT2D eigenvalue weighted by Gasteiger charge is -2.23. The lowest BCUT2D eigenvalue weighted by atomic mass is 9.95. The van der Waals surface area contributed by atoms with E-state index in [4.69, 9.17) is 9.88 Å². The summed E-state index contributed by atoms with van der Waals surface area (Å²) < 4.78 is 33.0. The van der Waals surface area contributed by atoms with Crippen LogP contribution in [-0.4, -0.2) is 48.6 Å². The number of hydrogen-bond donors (Lipinski definition) is 2. The number of aliphatic hydroxyl groups is 1. The Kier molecular flexibility index (Phi) is 7.37. The summed E-state index contributed by atoms with van der Waals surface area (Å²) in [4.78, 5) is 25.0. The summed E-state index contributed by atoms with van der Waals surface area (Å²) in [5.41, 5.74) is 3.24. The van der Waals surface area contributed by atoms with Gasteiger partial charge in [-0.25, -0.2) is 15.1 Å². The van der Waals surface area contributed by atoms with Gasteiger partial charge in [0.05, 0.1) is 35.5 Å². The molecule has 192 valence electrons. The number of aryl methyl sites for hydroxylation is 1. The van der Waals surface area contributed by atoms with Gasteiger partial charge >= 0.3 is 10.3 Å². The van der Waals surface area contributed by atoms with Crippen molar-refractivity contribution in [2.75, 3.05) is 13.2 Å². The van der Waals surface area contributed by atoms with Crippen molar-refractivity contribution in [3.63, 3.8) is 0 Å². The molecule has 0 radical (unpaired) electrons. The van der Waals surface area contributed by atoms with Gasteiger partial charge in [0, 0.05) is 28.3 Å². The summed E-state index contributed by atoms with van der Waals surface area (Å²) in [5.74, 6) is -0.475. The first-order valence-corrected chi connectivity index (χ1v) is 14.8. The number of fused-ring (bicyclic) bond motifs is 1. The molecular weight excluding hydrogens is 522 g/mol. The monoisotopic (exact) mass is 549 g/mol. The number of ketones is 1. The van der Waals surface area contributed by atoms with Crippen molar-refractivity contribution in [2.45, 2.75) is 44.8 Å². The van der Waals surface area contributed by atoms with E-state index in [-0.39, 0.29) is 30.3 Å².